The SMILES string of the molecule is CCN(CC)C(=O)C1CCN(C(=O)c2cccc(NC(=O)c3ccco3)c2)CC1. The monoisotopic (exact) mass is 397 g/mol. The number of rotatable bonds is 6. The van der Waals surface area contributed by atoms with Gasteiger partial charge in [-0.2, -0.15) is 0 Å². The second kappa shape index (κ2) is 9.41. The van der Waals surface area contributed by atoms with E-state index in [-0.39, 0.29) is 29.4 Å². The van der Waals surface area contributed by atoms with Crippen LogP contribution in [0.1, 0.15) is 47.6 Å². The van der Waals surface area contributed by atoms with Gasteiger partial charge in [0.25, 0.3) is 11.8 Å². The summed E-state index contributed by atoms with van der Waals surface area (Å²) >= 11 is 0. The Bertz CT molecular complexity index is 851. The van der Waals surface area contributed by atoms with Crippen LogP contribution in [-0.4, -0.2) is 53.7 Å². The molecule has 2 aromatic rings. The fourth-order valence-corrected chi connectivity index (χ4v) is 3.64. The second-order valence-corrected chi connectivity index (χ2v) is 7.09. The van der Waals surface area contributed by atoms with Crippen molar-refractivity contribution < 1.29 is 18.8 Å². The molecule has 1 aliphatic rings. The summed E-state index contributed by atoms with van der Waals surface area (Å²) in [7, 11) is 0. The number of furan rings is 1. The molecule has 0 atom stereocenters. The molecular formula is C22H27N3O4. The molecule has 3 amide bonds. The topological polar surface area (TPSA) is 82.9 Å². The molecule has 3 rings (SSSR count). The van der Waals surface area contributed by atoms with Crippen LogP contribution in [0, 0.1) is 5.92 Å². The van der Waals surface area contributed by atoms with Gasteiger partial charge in [0.05, 0.1) is 6.26 Å². The molecule has 0 saturated carbocycles. The van der Waals surface area contributed by atoms with Gasteiger partial charge in [-0.05, 0) is 57.0 Å². The minimum absolute atomic E-state index is 0.0159. The number of hydrogen-bond acceptors (Lipinski definition) is 4. The van der Waals surface area contributed by atoms with Crippen LogP contribution in [0.5, 0.6) is 0 Å². The Morgan fingerprint density at radius 2 is 1.83 bits per heavy atom. The lowest BCUT2D eigenvalue weighted by Gasteiger charge is -2.33. The predicted octanol–water partition coefficient (Wildman–Crippen LogP) is 3.25. The molecule has 1 saturated heterocycles. The van der Waals surface area contributed by atoms with Crippen molar-refractivity contribution in [1.29, 1.82) is 0 Å². The molecule has 0 aliphatic carbocycles. The van der Waals surface area contributed by atoms with Crippen LogP contribution in [0.4, 0.5) is 5.69 Å². The van der Waals surface area contributed by atoms with Crippen LogP contribution < -0.4 is 5.32 Å². The Morgan fingerprint density at radius 3 is 2.45 bits per heavy atom. The highest BCUT2D eigenvalue weighted by atomic mass is 16.3. The third-order valence-electron chi connectivity index (χ3n) is 5.32. The Kier molecular flexibility index (Phi) is 6.69. The van der Waals surface area contributed by atoms with Gasteiger partial charge in [0, 0.05) is 43.3 Å². The van der Waals surface area contributed by atoms with E-state index in [2.05, 4.69) is 5.32 Å². The van der Waals surface area contributed by atoms with Crippen molar-refractivity contribution in [2.75, 3.05) is 31.5 Å². The van der Waals surface area contributed by atoms with E-state index >= 15 is 0 Å². The summed E-state index contributed by atoms with van der Waals surface area (Å²) in [5.41, 5.74) is 1.04. The summed E-state index contributed by atoms with van der Waals surface area (Å²) in [6.07, 6.45) is 2.79. The van der Waals surface area contributed by atoms with Gasteiger partial charge in [-0.1, -0.05) is 6.07 Å². The average Bonchev–Trinajstić information content (AvgIpc) is 3.29. The van der Waals surface area contributed by atoms with E-state index in [0.29, 0.717) is 50.3 Å². The summed E-state index contributed by atoms with van der Waals surface area (Å²) in [5, 5.41) is 2.74. The van der Waals surface area contributed by atoms with Crippen LogP contribution >= 0.6 is 0 Å². The lowest BCUT2D eigenvalue weighted by atomic mass is 9.94. The highest BCUT2D eigenvalue weighted by Gasteiger charge is 2.29. The number of nitrogens with zero attached hydrogens (tertiary/aromatic N) is 2. The van der Waals surface area contributed by atoms with E-state index < -0.39 is 0 Å². The number of carbonyl (C=O) groups excluding carboxylic acids is 3. The first-order chi connectivity index (χ1) is 14.0. The zero-order valence-corrected chi connectivity index (χ0v) is 16.9. The fourth-order valence-electron chi connectivity index (χ4n) is 3.64. The largest absolute Gasteiger partial charge is 0.459 e. The third kappa shape index (κ3) is 4.85. The molecule has 154 valence electrons. The summed E-state index contributed by atoms with van der Waals surface area (Å²) in [4.78, 5) is 41.2. The summed E-state index contributed by atoms with van der Waals surface area (Å²) < 4.78 is 5.08. The number of nitrogens with one attached hydrogen (secondary N) is 1. The Hall–Kier alpha value is -3.09. The van der Waals surface area contributed by atoms with Crippen LogP contribution in [0.2, 0.25) is 0 Å². The van der Waals surface area contributed by atoms with Crippen LogP contribution in [0.15, 0.2) is 47.1 Å². The molecule has 0 bridgehead atoms. The minimum Gasteiger partial charge on any atom is -0.459 e. The number of carbonyl (C=O) groups is 3. The van der Waals surface area contributed by atoms with E-state index in [0.717, 1.165) is 0 Å². The van der Waals surface area contributed by atoms with Gasteiger partial charge in [-0.25, -0.2) is 0 Å². The standard InChI is InChI=1S/C22H27N3O4/c1-3-24(4-2)21(27)16-10-12-25(13-11-16)22(28)17-7-5-8-18(15-17)23-20(26)19-9-6-14-29-19/h5-9,14-16H,3-4,10-13H2,1-2H3,(H,23,26). The number of hydrogen-bond donors (Lipinski definition) is 1. The minimum atomic E-state index is -0.365. The first kappa shape index (κ1) is 20.6. The van der Waals surface area contributed by atoms with Gasteiger partial charge in [-0.3, -0.25) is 14.4 Å². The van der Waals surface area contributed by atoms with E-state index in [1.807, 2.05) is 18.7 Å². The van der Waals surface area contributed by atoms with Crippen LogP contribution in [0.25, 0.3) is 0 Å². The van der Waals surface area contributed by atoms with Crippen LogP contribution in [-0.2, 0) is 4.79 Å². The van der Waals surface area contributed by atoms with Crippen molar-refractivity contribution in [2.45, 2.75) is 26.7 Å². The van der Waals surface area contributed by atoms with Gasteiger partial charge in [0.15, 0.2) is 5.76 Å². The number of amides is 3. The molecular weight excluding hydrogens is 370 g/mol. The zero-order chi connectivity index (χ0) is 20.8. The predicted molar refractivity (Wildman–Crippen MR) is 110 cm³/mol. The van der Waals surface area contributed by atoms with E-state index in [1.54, 1.807) is 41.3 Å². The number of benzene rings is 1. The maximum Gasteiger partial charge on any atom is 0.291 e. The molecule has 0 radical (unpaired) electrons. The molecule has 1 N–H and O–H groups in total. The summed E-state index contributed by atoms with van der Waals surface area (Å²) in [5.74, 6) is -0.0764. The molecule has 0 unspecified atom stereocenters. The van der Waals surface area contributed by atoms with Gasteiger partial charge >= 0.3 is 0 Å². The molecule has 2 heterocycles. The number of anilines is 1. The highest BCUT2D eigenvalue weighted by Crippen LogP contribution is 2.22. The van der Waals surface area contributed by atoms with Crippen molar-refractivity contribution in [3.05, 3.63) is 54.0 Å². The fraction of sp³-hybridized carbons (Fsp3) is 0.409. The first-order valence-corrected chi connectivity index (χ1v) is 10.1. The molecule has 7 nitrogen and oxygen atoms in total. The van der Waals surface area contributed by atoms with E-state index in [4.69, 9.17) is 4.42 Å². The number of likely N-dealkylation sites (tertiary alicyclic amines) is 1. The van der Waals surface area contributed by atoms with Gasteiger partial charge < -0.3 is 19.5 Å². The molecule has 1 aromatic carbocycles. The van der Waals surface area contributed by atoms with Crippen LogP contribution in [0.3, 0.4) is 0 Å². The molecule has 29 heavy (non-hydrogen) atoms. The third-order valence-corrected chi connectivity index (χ3v) is 5.32. The van der Waals surface area contributed by atoms with E-state index in [1.165, 1.54) is 6.26 Å². The maximum atomic E-state index is 12.9. The quantitative estimate of drug-likeness (QED) is 0.811. The van der Waals surface area contributed by atoms with Crippen molar-refractivity contribution in [1.82, 2.24) is 9.80 Å². The van der Waals surface area contributed by atoms with Crippen molar-refractivity contribution in [2.24, 2.45) is 5.92 Å². The molecule has 1 fully saturated rings. The molecule has 1 aliphatic heterocycles. The molecule has 1 aromatic heterocycles. The van der Waals surface area contributed by atoms with Crippen molar-refractivity contribution in [3.63, 3.8) is 0 Å². The molecule has 0 spiro atoms. The van der Waals surface area contributed by atoms with Gasteiger partial charge in [-0.15, -0.1) is 0 Å². The zero-order valence-electron chi connectivity index (χ0n) is 16.9. The Labute approximate surface area is 170 Å². The van der Waals surface area contributed by atoms with Crippen molar-refractivity contribution >= 4 is 23.4 Å². The summed E-state index contributed by atoms with van der Waals surface area (Å²) in [6, 6.07) is 10.1. The Balaban J connectivity index is 1.60. The normalized spacial score (nSPS) is 14.5. The lowest BCUT2D eigenvalue weighted by molar-refractivity contribution is -0.136. The molecule has 7 heteroatoms. The maximum absolute atomic E-state index is 12.9. The first-order valence-electron chi connectivity index (χ1n) is 10.1. The highest BCUT2D eigenvalue weighted by molar-refractivity contribution is 6.03. The summed E-state index contributed by atoms with van der Waals surface area (Å²) in [6.45, 7) is 6.50. The van der Waals surface area contributed by atoms with Crippen molar-refractivity contribution in [3.8, 4) is 0 Å². The van der Waals surface area contributed by atoms with Gasteiger partial charge in [0.1, 0.15) is 0 Å². The smallest absolute Gasteiger partial charge is 0.291 e. The van der Waals surface area contributed by atoms with E-state index in [9.17, 15) is 14.4 Å². The number of piperidine rings is 1. The van der Waals surface area contributed by atoms with Gasteiger partial charge in [0.2, 0.25) is 5.91 Å². The average molecular weight is 397 g/mol. The lowest BCUT2D eigenvalue weighted by Crippen LogP contribution is -2.44. The Morgan fingerprint density at radius 1 is 1.10 bits per heavy atom. The second-order valence-electron chi connectivity index (χ2n) is 7.09.